The van der Waals surface area contributed by atoms with Crippen LogP contribution >= 0.6 is 11.8 Å². The Labute approximate surface area is 183 Å². The van der Waals surface area contributed by atoms with Crippen LogP contribution in [-0.4, -0.2) is 46.0 Å². The lowest BCUT2D eigenvalue weighted by Crippen LogP contribution is -2.61. The Hall–Kier alpha value is -3.13. The van der Waals surface area contributed by atoms with E-state index in [0.717, 1.165) is 5.56 Å². The first-order valence-electron chi connectivity index (χ1n) is 9.89. The van der Waals surface area contributed by atoms with Gasteiger partial charge in [-0.1, -0.05) is 42.4 Å². The SMILES string of the molecule is CSC(C)[C@H]1C(=O)N[C@@H](c2ccccc2)CN1C(=O)c1cc(-c2ccc(F)cc2)on1. The van der Waals surface area contributed by atoms with Gasteiger partial charge >= 0.3 is 0 Å². The van der Waals surface area contributed by atoms with Crippen molar-refractivity contribution in [2.45, 2.75) is 24.3 Å². The molecule has 3 atom stereocenters. The van der Waals surface area contributed by atoms with E-state index in [9.17, 15) is 14.0 Å². The summed E-state index contributed by atoms with van der Waals surface area (Å²) in [6.45, 7) is 2.24. The molecule has 6 nitrogen and oxygen atoms in total. The third-order valence-electron chi connectivity index (χ3n) is 5.44. The molecule has 1 saturated heterocycles. The van der Waals surface area contributed by atoms with E-state index in [1.807, 2.05) is 43.5 Å². The van der Waals surface area contributed by atoms with Crippen molar-refractivity contribution in [2.75, 3.05) is 12.8 Å². The number of carbonyl (C=O) groups is 2. The average Bonchev–Trinajstić information content (AvgIpc) is 3.29. The predicted molar refractivity (Wildman–Crippen MR) is 117 cm³/mol. The van der Waals surface area contributed by atoms with Crippen LogP contribution < -0.4 is 5.32 Å². The molecule has 4 rings (SSSR count). The van der Waals surface area contributed by atoms with Crippen molar-refractivity contribution in [3.8, 4) is 11.3 Å². The molecule has 1 N–H and O–H groups in total. The van der Waals surface area contributed by atoms with Crippen LogP contribution in [-0.2, 0) is 4.79 Å². The smallest absolute Gasteiger partial charge is 0.276 e. The monoisotopic (exact) mass is 439 g/mol. The fourth-order valence-electron chi connectivity index (χ4n) is 3.71. The van der Waals surface area contributed by atoms with Crippen LogP contribution in [0, 0.1) is 5.82 Å². The van der Waals surface area contributed by atoms with Gasteiger partial charge in [0.1, 0.15) is 11.9 Å². The maximum absolute atomic E-state index is 13.4. The van der Waals surface area contributed by atoms with Crippen molar-refractivity contribution >= 4 is 23.6 Å². The summed E-state index contributed by atoms with van der Waals surface area (Å²) >= 11 is 1.52. The fraction of sp³-hybridized carbons (Fsp3) is 0.261. The number of amides is 2. The molecule has 1 aromatic heterocycles. The zero-order valence-corrected chi connectivity index (χ0v) is 17.9. The van der Waals surface area contributed by atoms with E-state index < -0.39 is 6.04 Å². The van der Waals surface area contributed by atoms with Gasteiger partial charge in [-0.15, -0.1) is 0 Å². The summed E-state index contributed by atoms with van der Waals surface area (Å²) in [4.78, 5) is 28.0. The molecule has 3 aromatic rings. The Bertz CT molecular complexity index is 1070. The number of hydrogen-bond acceptors (Lipinski definition) is 5. The first-order chi connectivity index (χ1) is 15.0. The van der Waals surface area contributed by atoms with Crippen LogP contribution in [0.5, 0.6) is 0 Å². The van der Waals surface area contributed by atoms with Crippen LogP contribution in [0.15, 0.2) is 65.2 Å². The first kappa shape index (κ1) is 21.1. The zero-order valence-electron chi connectivity index (χ0n) is 17.1. The molecule has 160 valence electrons. The molecule has 1 fully saturated rings. The van der Waals surface area contributed by atoms with Crippen molar-refractivity contribution in [1.29, 1.82) is 0 Å². The normalized spacial score (nSPS) is 19.7. The predicted octanol–water partition coefficient (Wildman–Crippen LogP) is 3.91. The number of hydrogen-bond donors (Lipinski definition) is 1. The van der Waals surface area contributed by atoms with Gasteiger partial charge in [0.2, 0.25) is 5.91 Å². The number of benzene rings is 2. The van der Waals surface area contributed by atoms with Crippen molar-refractivity contribution in [3.05, 3.63) is 77.7 Å². The maximum Gasteiger partial charge on any atom is 0.276 e. The van der Waals surface area contributed by atoms with Crippen molar-refractivity contribution in [3.63, 3.8) is 0 Å². The van der Waals surface area contributed by atoms with Gasteiger partial charge in [-0.3, -0.25) is 9.59 Å². The molecule has 0 saturated carbocycles. The Balaban J connectivity index is 1.64. The molecule has 0 radical (unpaired) electrons. The van der Waals surface area contributed by atoms with Gasteiger partial charge in [-0.25, -0.2) is 4.39 Å². The molecular weight excluding hydrogens is 417 g/mol. The highest BCUT2D eigenvalue weighted by Gasteiger charge is 2.41. The van der Waals surface area contributed by atoms with Crippen molar-refractivity contribution < 1.29 is 18.5 Å². The van der Waals surface area contributed by atoms with Crippen LogP contribution in [0.1, 0.15) is 29.0 Å². The Morgan fingerprint density at radius 1 is 1.23 bits per heavy atom. The highest BCUT2D eigenvalue weighted by atomic mass is 32.2. The summed E-state index contributed by atoms with van der Waals surface area (Å²) in [6.07, 6.45) is 1.91. The average molecular weight is 440 g/mol. The number of halogens is 1. The first-order valence-corrected chi connectivity index (χ1v) is 11.2. The largest absolute Gasteiger partial charge is 0.355 e. The van der Waals surface area contributed by atoms with Crippen LogP contribution in [0.4, 0.5) is 4.39 Å². The fourth-order valence-corrected chi connectivity index (χ4v) is 4.24. The Morgan fingerprint density at radius 2 is 1.94 bits per heavy atom. The molecule has 0 bridgehead atoms. The number of nitrogens with zero attached hydrogens (tertiary/aromatic N) is 2. The quantitative estimate of drug-likeness (QED) is 0.652. The summed E-state index contributed by atoms with van der Waals surface area (Å²) < 4.78 is 18.5. The van der Waals surface area contributed by atoms with E-state index in [1.165, 1.54) is 30.0 Å². The van der Waals surface area contributed by atoms with Crippen LogP contribution in [0.2, 0.25) is 0 Å². The van der Waals surface area contributed by atoms with Gasteiger partial charge in [0, 0.05) is 23.4 Å². The number of rotatable bonds is 5. The lowest BCUT2D eigenvalue weighted by atomic mass is 9.99. The minimum atomic E-state index is -0.631. The standard InChI is InChI=1S/C23H22FN3O3S/c1-14(31-2)21-22(28)25-19(15-6-4-3-5-7-15)13-27(21)23(29)18-12-20(30-26-18)16-8-10-17(24)11-9-16/h3-12,14,19,21H,13H2,1-2H3,(H,25,28)/t14?,19-,21+/m1/s1. The van der Waals surface area contributed by atoms with E-state index in [-0.39, 0.29) is 34.6 Å². The van der Waals surface area contributed by atoms with E-state index >= 15 is 0 Å². The molecule has 1 unspecified atom stereocenters. The molecule has 31 heavy (non-hydrogen) atoms. The minimum absolute atomic E-state index is 0.107. The number of aromatic nitrogens is 1. The Kier molecular flexibility index (Phi) is 6.08. The number of piperazine rings is 1. The summed E-state index contributed by atoms with van der Waals surface area (Å²) in [5.74, 6) is -0.574. The second-order valence-corrected chi connectivity index (χ2v) is 8.61. The summed E-state index contributed by atoms with van der Waals surface area (Å²) in [5.41, 5.74) is 1.65. The molecule has 2 aromatic carbocycles. The molecule has 1 aliphatic heterocycles. The Morgan fingerprint density at radius 3 is 2.61 bits per heavy atom. The van der Waals surface area contributed by atoms with Crippen LogP contribution in [0.25, 0.3) is 11.3 Å². The topological polar surface area (TPSA) is 75.4 Å². The third-order valence-corrected chi connectivity index (χ3v) is 6.44. The molecule has 2 amide bonds. The van der Waals surface area contributed by atoms with Crippen molar-refractivity contribution in [1.82, 2.24) is 15.4 Å². The number of thioether (sulfide) groups is 1. The molecule has 8 heteroatoms. The number of carbonyl (C=O) groups excluding carboxylic acids is 2. The highest BCUT2D eigenvalue weighted by molar-refractivity contribution is 7.99. The van der Waals surface area contributed by atoms with Crippen molar-refractivity contribution in [2.24, 2.45) is 0 Å². The summed E-state index contributed by atoms with van der Waals surface area (Å²) in [6, 6.07) is 15.9. The second-order valence-electron chi connectivity index (χ2n) is 7.40. The van der Waals surface area contributed by atoms with E-state index in [1.54, 1.807) is 17.0 Å². The van der Waals surface area contributed by atoms with E-state index in [0.29, 0.717) is 17.9 Å². The lowest BCUT2D eigenvalue weighted by Gasteiger charge is -2.41. The summed E-state index contributed by atoms with van der Waals surface area (Å²) in [7, 11) is 0. The van der Waals surface area contributed by atoms with Gasteiger partial charge in [-0.05, 0) is 36.1 Å². The van der Waals surface area contributed by atoms with Gasteiger partial charge in [0.05, 0.1) is 6.04 Å². The highest BCUT2D eigenvalue weighted by Crippen LogP contribution is 2.28. The maximum atomic E-state index is 13.4. The zero-order chi connectivity index (χ0) is 22.0. The van der Waals surface area contributed by atoms with Gasteiger partial charge in [0.15, 0.2) is 11.5 Å². The van der Waals surface area contributed by atoms with Gasteiger partial charge in [0.25, 0.3) is 5.91 Å². The molecule has 1 aliphatic rings. The van der Waals surface area contributed by atoms with Gasteiger partial charge in [-0.2, -0.15) is 11.8 Å². The van der Waals surface area contributed by atoms with Gasteiger partial charge < -0.3 is 14.7 Å². The van der Waals surface area contributed by atoms with E-state index in [4.69, 9.17) is 4.52 Å². The van der Waals surface area contributed by atoms with E-state index in [2.05, 4.69) is 10.5 Å². The molecule has 0 aliphatic carbocycles. The minimum Gasteiger partial charge on any atom is -0.355 e. The number of nitrogens with one attached hydrogen (secondary N) is 1. The molecule has 0 spiro atoms. The lowest BCUT2D eigenvalue weighted by molar-refractivity contribution is -0.129. The second kappa shape index (κ2) is 8.93. The molecule has 2 heterocycles. The summed E-state index contributed by atoms with van der Waals surface area (Å²) in [5, 5.41) is 6.87. The molecular formula is C23H22FN3O3S. The van der Waals surface area contributed by atoms with Crippen LogP contribution in [0.3, 0.4) is 0 Å². The third kappa shape index (κ3) is 4.34.